The summed E-state index contributed by atoms with van der Waals surface area (Å²) in [6.07, 6.45) is 0. The van der Waals surface area contributed by atoms with E-state index in [1.54, 1.807) is 21.6 Å². The lowest BCUT2D eigenvalue weighted by molar-refractivity contribution is -0.138. The monoisotopic (exact) mass is 312 g/mol. The van der Waals surface area contributed by atoms with E-state index in [-0.39, 0.29) is 18.4 Å². The number of carbonyl (C=O) groups is 2. The van der Waals surface area contributed by atoms with Gasteiger partial charge in [-0.1, -0.05) is 23.7 Å². The summed E-state index contributed by atoms with van der Waals surface area (Å²) >= 11 is 7.49. The summed E-state index contributed by atoms with van der Waals surface area (Å²) in [5, 5.41) is 0.664. The van der Waals surface area contributed by atoms with E-state index in [0.29, 0.717) is 29.7 Å². The molecule has 6 heteroatoms. The maximum absolute atomic E-state index is 12.3. The van der Waals surface area contributed by atoms with E-state index in [0.717, 1.165) is 5.56 Å². The van der Waals surface area contributed by atoms with Gasteiger partial charge in [0, 0.05) is 18.1 Å². The molecule has 0 saturated carbocycles. The van der Waals surface area contributed by atoms with Crippen LogP contribution in [0.2, 0.25) is 5.02 Å². The molecule has 1 fully saturated rings. The highest BCUT2D eigenvalue weighted by molar-refractivity contribution is 8.00. The van der Waals surface area contributed by atoms with E-state index in [2.05, 4.69) is 0 Å². The van der Waals surface area contributed by atoms with Crippen molar-refractivity contribution >= 4 is 35.2 Å². The first-order valence-corrected chi connectivity index (χ1v) is 8.01. The van der Waals surface area contributed by atoms with Gasteiger partial charge in [0.15, 0.2) is 0 Å². The molecule has 1 aromatic rings. The third-order valence-electron chi connectivity index (χ3n) is 3.15. The summed E-state index contributed by atoms with van der Waals surface area (Å²) in [5.41, 5.74) is 0.995. The molecular weight excluding hydrogens is 296 g/mol. The van der Waals surface area contributed by atoms with Gasteiger partial charge in [-0.2, -0.15) is 0 Å². The number of thioether (sulfide) groups is 1. The predicted octanol–water partition coefficient (Wildman–Crippen LogP) is 2.22. The Morgan fingerprint density at radius 2 is 2.30 bits per heavy atom. The molecule has 1 aromatic carbocycles. The topological polar surface area (TPSA) is 40.6 Å². The minimum absolute atomic E-state index is 0.0247. The van der Waals surface area contributed by atoms with Gasteiger partial charge in [0.1, 0.15) is 6.54 Å². The number of hydrogen-bond acceptors (Lipinski definition) is 3. The van der Waals surface area contributed by atoms with Crippen molar-refractivity contribution in [2.75, 3.05) is 24.7 Å². The second-order valence-corrected chi connectivity index (χ2v) is 6.00. The van der Waals surface area contributed by atoms with E-state index in [4.69, 9.17) is 11.6 Å². The van der Waals surface area contributed by atoms with Gasteiger partial charge in [0.2, 0.25) is 11.8 Å². The minimum Gasteiger partial charge on any atom is -0.337 e. The van der Waals surface area contributed by atoms with Crippen LogP contribution in [0, 0.1) is 0 Å². The van der Waals surface area contributed by atoms with Crippen LogP contribution in [0.3, 0.4) is 0 Å². The highest BCUT2D eigenvalue weighted by atomic mass is 35.5. The Hall–Kier alpha value is -1.20. The molecule has 0 N–H and O–H groups in total. The average Bonchev–Trinajstić information content (AvgIpc) is 2.81. The van der Waals surface area contributed by atoms with Gasteiger partial charge < -0.3 is 9.80 Å². The Kier molecular flexibility index (Phi) is 5.31. The molecule has 1 heterocycles. The summed E-state index contributed by atoms with van der Waals surface area (Å²) in [5.74, 6) is 1.11. The molecule has 20 heavy (non-hydrogen) atoms. The van der Waals surface area contributed by atoms with Gasteiger partial charge in [-0.3, -0.25) is 9.59 Å². The van der Waals surface area contributed by atoms with Crippen LogP contribution < -0.4 is 0 Å². The maximum Gasteiger partial charge on any atom is 0.242 e. The van der Waals surface area contributed by atoms with E-state index < -0.39 is 0 Å². The smallest absolute Gasteiger partial charge is 0.242 e. The second kappa shape index (κ2) is 6.99. The normalized spacial score (nSPS) is 14.7. The van der Waals surface area contributed by atoms with E-state index in [1.165, 1.54) is 0 Å². The van der Waals surface area contributed by atoms with Crippen LogP contribution in [0.5, 0.6) is 0 Å². The Morgan fingerprint density at radius 1 is 1.50 bits per heavy atom. The molecule has 108 valence electrons. The molecule has 0 bridgehead atoms. The number of hydrogen-bond donors (Lipinski definition) is 0. The summed E-state index contributed by atoms with van der Waals surface area (Å²) in [6.45, 7) is 3.23. The fraction of sp³-hybridized carbons (Fsp3) is 0.429. The van der Waals surface area contributed by atoms with Crippen molar-refractivity contribution in [2.45, 2.75) is 13.5 Å². The number of likely N-dealkylation sites (N-methyl/N-ethyl adjacent to an activating group) is 1. The van der Waals surface area contributed by atoms with Gasteiger partial charge in [0.25, 0.3) is 0 Å². The molecule has 0 unspecified atom stereocenters. The number of rotatable bonds is 5. The highest BCUT2D eigenvalue weighted by Gasteiger charge is 2.24. The first-order valence-electron chi connectivity index (χ1n) is 6.48. The Bertz CT molecular complexity index is 510. The molecule has 0 aromatic heterocycles. The first-order chi connectivity index (χ1) is 9.60. The molecule has 1 saturated heterocycles. The zero-order valence-corrected chi connectivity index (χ0v) is 12.9. The van der Waals surface area contributed by atoms with Crippen LogP contribution in [-0.4, -0.2) is 46.3 Å². The fourth-order valence-corrected chi connectivity index (χ4v) is 3.15. The highest BCUT2D eigenvalue weighted by Crippen LogP contribution is 2.16. The SMILES string of the molecule is CCN(Cc1cccc(Cl)c1)C(=O)CN1CSCC1=O. The standard InChI is InChI=1S/C14H17ClN2O2S/c1-2-16(7-11-4-3-5-12(15)6-11)13(18)8-17-10-20-9-14(17)19/h3-6H,2,7-10H2,1H3. The van der Waals surface area contributed by atoms with Crippen molar-refractivity contribution in [1.82, 2.24) is 9.80 Å². The Balaban J connectivity index is 1.97. The molecule has 1 aliphatic rings. The second-order valence-electron chi connectivity index (χ2n) is 4.61. The molecule has 0 spiro atoms. The van der Waals surface area contributed by atoms with Crippen molar-refractivity contribution < 1.29 is 9.59 Å². The zero-order chi connectivity index (χ0) is 14.5. The lowest BCUT2D eigenvalue weighted by Gasteiger charge is -2.24. The summed E-state index contributed by atoms with van der Waals surface area (Å²) in [7, 11) is 0. The predicted molar refractivity (Wildman–Crippen MR) is 81.6 cm³/mol. The van der Waals surface area contributed by atoms with Crippen molar-refractivity contribution in [3.63, 3.8) is 0 Å². The van der Waals surface area contributed by atoms with Crippen LogP contribution in [-0.2, 0) is 16.1 Å². The lowest BCUT2D eigenvalue weighted by atomic mass is 10.2. The van der Waals surface area contributed by atoms with Crippen molar-refractivity contribution in [1.29, 1.82) is 0 Å². The summed E-state index contributed by atoms with van der Waals surface area (Å²) in [4.78, 5) is 27.1. The average molecular weight is 313 g/mol. The number of nitrogens with zero attached hydrogens (tertiary/aromatic N) is 2. The largest absolute Gasteiger partial charge is 0.337 e. The van der Waals surface area contributed by atoms with Gasteiger partial charge >= 0.3 is 0 Å². The van der Waals surface area contributed by atoms with Gasteiger partial charge in [0.05, 0.1) is 11.6 Å². The molecule has 0 radical (unpaired) electrons. The minimum atomic E-state index is -0.0247. The third kappa shape index (κ3) is 3.90. The van der Waals surface area contributed by atoms with Crippen LogP contribution in [0.25, 0.3) is 0 Å². The van der Waals surface area contributed by atoms with E-state index >= 15 is 0 Å². The molecule has 1 aliphatic heterocycles. The quantitative estimate of drug-likeness (QED) is 0.837. The zero-order valence-electron chi connectivity index (χ0n) is 11.3. The number of benzene rings is 1. The van der Waals surface area contributed by atoms with Gasteiger partial charge in [-0.25, -0.2) is 0 Å². The van der Waals surface area contributed by atoms with Crippen LogP contribution >= 0.6 is 23.4 Å². The summed E-state index contributed by atoms with van der Waals surface area (Å²) in [6, 6.07) is 7.48. The molecule has 4 nitrogen and oxygen atoms in total. The molecule has 2 rings (SSSR count). The lowest BCUT2D eigenvalue weighted by Crippen LogP contribution is -2.40. The third-order valence-corrected chi connectivity index (χ3v) is 4.33. The van der Waals surface area contributed by atoms with E-state index in [9.17, 15) is 9.59 Å². The maximum atomic E-state index is 12.3. The van der Waals surface area contributed by atoms with Crippen molar-refractivity contribution in [3.05, 3.63) is 34.9 Å². The van der Waals surface area contributed by atoms with Crippen LogP contribution in [0.1, 0.15) is 12.5 Å². The van der Waals surface area contributed by atoms with Crippen LogP contribution in [0.4, 0.5) is 0 Å². The summed E-state index contributed by atoms with van der Waals surface area (Å²) < 4.78 is 0. The molecule has 0 atom stereocenters. The van der Waals surface area contributed by atoms with Crippen LogP contribution in [0.15, 0.2) is 24.3 Å². The van der Waals surface area contributed by atoms with Gasteiger partial charge in [-0.05, 0) is 24.6 Å². The van der Waals surface area contributed by atoms with E-state index in [1.807, 2.05) is 31.2 Å². The molecule has 0 aliphatic carbocycles. The fourth-order valence-electron chi connectivity index (χ4n) is 2.04. The number of halogens is 1. The molecular formula is C14H17ClN2O2S. The van der Waals surface area contributed by atoms with Crippen molar-refractivity contribution in [2.24, 2.45) is 0 Å². The number of amides is 2. The molecule has 2 amide bonds. The first kappa shape index (κ1) is 15.2. The Labute approximate surface area is 128 Å². The van der Waals surface area contributed by atoms with Gasteiger partial charge in [-0.15, -0.1) is 11.8 Å². The van der Waals surface area contributed by atoms with Crippen molar-refractivity contribution in [3.8, 4) is 0 Å². The number of carbonyl (C=O) groups excluding carboxylic acids is 2. The Morgan fingerprint density at radius 3 is 2.90 bits per heavy atom.